The van der Waals surface area contributed by atoms with Gasteiger partial charge in [0.1, 0.15) is 11.4 Å². The van der Waals surface area contributed by atoms with Crippen molar-refractivity contribution in [1.82, 2.24) is 8.87 Å². The minimum Gasteiger partial charge on any atom is -0.465 e. The SMILES string of the molecule is COC(=O)c1cccc(S(=O)(=O)n2cc(CN(C)C(=O)OC(C)(C)C)cc2-c2ccccc2F)c1. The van der Waals surface area contributed by atoms with Crippen LogP contribution in [-0.2, 0) is 26.0 Å². The lowest BCUT2D eigenvalue weighted by atomic mass is 10.1. The van der Waals surface area contributed by atoms with Gasteiger partial charge in [-0.3, -0.25) is 0 Å². The molecular formula is C25H27FN2O6S. The van der Waals surface area contributed by atoms with Crippen molar-refractivity contribution in [2.45, 2.75) is 37.8 Å². The first-order valence-electron chi connectivity index (χ1n) is 10.7. The van der Waals surface area contributed by atoms with E-state index in [2.05, 4.69) is 4.74 Å². The number of aromatic nitrogens is 1. The molecule has 0 aliphatic carbocycles. The van der Waals surface area contributed by atoms with E-state index in [-0.39, 0.29) is 28.3 Å². The highest BCUT2D eigenvalue weighted by Gasteiger charge is 2.26. The van der Waals surface area contributed by atoms with Gasteiger partial charge in [-0.1, -0.05) is 18.2 Å². The molecule has 3 aromatic rings. The Morgan fingerprint density at radius 1 is 1.06 bits per heavy atom. The molecule has 186 valence electrons. The Balaban J connectivity index is 2.10. The van der Waals surface area contributed by atoms with Gasteiger partial charge in [-0.05, 0) is 62.7 Å². The normalized spacial score (nSPS) is 11.7. The number of amides is 1. The Morgan fingerprint density at radius 2 is 1.74 bits per heavy atom. The molecule has 35 heavy (non-hydrogen) atoms. The molecule has 0 aliphatic rings. The summed E-state index contributed by atoms with van der Waals surface area (Å²) in [5.41, 5.74) is -0.0863. The Bertz CT molecular complexity index is 1360. The van der Waals surface area contributed by atoms with E-state index in [1.807, 2.05) is 0 Å². The number of halogens is 1. The molecule has 0 aliphatic heterocycles. The van der Waals surface area contributed by atoms with Gasteiger partial charge >= 0.3 is 12.1 Å². The summed E-state index contributed by atoms with van der Waals surface area (Å²) in [6, 6.07) is 12.7. The van der Waals surface area contributed by atoms with Crippen molar-refractivity contribution in [2.75, 3.05) is 14.2 Å². The smallest absolute Gasteiger partial charge is 0.410 e. The largest absolute Gasteiger partial charge is 0.465 e. The zero-order valence-electron chi connectivity index (χ0n) is 20.1. The van der Waals surface area contributed by atoms with Gasteiger partial charge in [0, 0.05) is 18.8 Å². The molecule has 3 rings (SSSR count). The first-order valence-corrected chi connectivity index (χ1v) is 12.1. The number of hydrogen-bond donors (Lipinski definition) is 0. The third kappa shape index (κ3) is 5.89. The summed E-state index contributed by atoms with van der Waals surface area (Å²) < 4.78 is 52.9. The van der Waals surface area contributed by atoms with Crippen LogP contribution in [0.3, 0.4) is 0 Å². The van der Waals surface area contributed by atoms with E-state index in [1.165, 1.54) is 73.8 Å². The summed E-state index contributed by atoms with van der Waals surface area (Å²) in [5.74, 6) is -1.30. The highest BCUT2D eigenvalue weighted by Crippen LogP contribution is 2.30. The van der Waals surface area contributed by atoms with E-state index in [4.69, 9.17) is 4.74 Å². The van der Waals surface area contributed by atoms with E-state index < -0.39 is 33.5 Å². The monoisotopic (exact) mass is 502 g/mol. The predicted molar refractivity (Wildman–Crippen MR) is 128 cm³/mol. The van der Waals surface area contributed by atoms with Crippen LogP contribution in [0, 0.1) is 5.82 Å². The molecule has 0 radical (unpaired) electrons. The number of rotatable bonds is 6. The fraction of sp³-hybridized carbons (Fsp3) is 0.280. The van der Waals surface area contributed by atoms with Crippen LogP contribution in [0.1, 0.15) is 36.7 Å². The fourth-order valence-electron chi connectivity index (χ4n) is 3.34. The number of methoxy groups -OCH3 is 1. The van der Waals surface area contributed by atoms with Crippen LogP contribution in [0.25, 0.3) is 11.3 Å². The molecule has 1 aromatic heterocycles. The Morgan fingerprint density at radius 3 is 2.37 bits per heavy atom. The number of esters is 1. The number of carbonyl (C=O) groups excluding carboxylic acids is 2. The summed E-state index contributed by atoms with van der Waals surface area (Å²) in [5, 5.41) is 0. The van der Waals surface area contributed by atoms with E-state index in [0.717, 1.165) is 3.97 Å². The van der Waals surface area contributed by atoms with Crippen LogP contribution in [-0.4, -0.2) is 49.1 Å². The molecule has 2 aromatic carbocycles. The molecule has 0 fully saturated rings. The molecule has 8 nitrogen and oxygen atoms in total. The first kappa shape index (κ1) is 26.0. The maximum Gasteiger partial charge on any atom is 0.410 e. The molecule has 1 heterocycles. The van der Waals surface area contributed by atoms with Crippen molar-refractivity contribution in [3.05, 3.63) is 77.7 Å². The fourth-order valence-corrected chi connectivity index (χ4v) is 4.78. The van der Waals surface area contributed by atoms with Crippen LogP contribution in [0.15, 0.2) is 65.7 Å². The van der Waals surface area contributed by atoms with Gasteiger partial charge in [0.15, 0.2) is 0 Å². The van der Waals surface area contributed by atoms with Gasteiger partial charge in [-0.25, -0.2) is 26.4 Å². The average molecular weight is 503 g/mol. The van der Waals surface area contributed by atoms with Crippen molar-refractivity contribution in [3.8, 4) is 11.3 Å². The Kier molecular flexibility index (Phi) is 7.35. The summed E-state index contributed by atoms with van der Waals surface area (Å²) in [4.78, 5) is 25.4. The van der Waals surface area contributed by atoms with Crippen LogP contribution >= 0.6 is 0 Å². The van der Waals surface area contributed by atoms with Gasteiger partial charge in [-0.15, -0.1) is 0 Å². The highest BCUT2D eigenvalue weighted by molar-refractivity contribution is 7.90. The van der Waals surface area contributed by atoms with Crippen LogP contribution < -0.4 is 0 Å². The lowest BCUT2D eigenvalue weighted by Gasteiger charge is -2.24. The minimum atomic E-state index is -4.26. The van der Waals surface area contributed by atoms with E-state index in [9.17, 15) is 22.4 Å². The van der Waals surface area contributed by atoms with Gasteiger partial charge in [0.05, 0.1) is 29.8 Å². The maximum absolute atomic E-state index is 14.7. The van der Waals surface area contributed by atoms with Crippen molar-refractivity contribution < 1.29 is 31.9 Å². The predicted octanol–water partition coefficient (Wildman–Crippen LogP) is 4.68. The molecule has 0 saturated heterocycles. The van der Waals surface area contributed by atoms with Gasteiger partial charge < -0.3 is 14.4 Å². The quantitative estimate of drug-likeness (QED) is 0.454. The summed E-state index contributed by atoms with van der Waals surface area (Å²) in [6.45, 7) is 5.22. The van der Waals surface area contributed by atoms with E-state index in [0.29, 0.717) is 5.56 Å². The maximum atomic E-state index is 14.7. The molecule has 10 heteroatoms. The lowest BCUT2D eigenvalue weighted by Crippen LogP contribution is -2.33. The van der Waals surface area contributed by atoms with Gasteiger partial charge in [0.2, 0.25) is 0 Å². The van der Waals surface area contributed by atoms with Crippen molar-refractivity contribution >= 4 is 22.1 Å². The summed E-state index contributed by atoms with van der Waals surface area (Å²) >= 11 is 0. The van der Waals surface area contributed by atoms with Crippen LogP contribution in [0.2, 0.25) is 0 Å². The van der Waals surface area contributed by atoms with Crippen molar-refractivity contribution in [1.29, 1.82) is 0 Å². The molecule has 0 unspecified atom stereocenters. The second-order valence-electron chi connectivity index (χ2n) is 8.87. The highest BCUT2D eigenvalue weighted by atomic mass is 32.2. The summed E-state index contributed by atoms with van der Waals surface area (Å²) in [6.07, 6.45) is 0.731. The van der Waals surface area contributed by atoms with Crippen molar-refractivity contribution in [2.24, 2.45) is 0 Å². The average Bonchev–Trinajstić information content (AvgIpc) is 3.22. The van der Waals surface area contributed by atoms with Gasteiger partial charge in [-0.2, -0.15) is 0 Å². The minimum absolute atomic E-state index is 0.0150. The first-order chi connectivity index (χ1) is 16.3. The number of hydrogen-bond acceptors (Lipinski definition) is 6. The zero-order chi connectivity index (χ0) is 26.0. The standard InChI is InChI=1S/C25H27FN2O6S/c1-25(2,3)34-24(30)27(4)15-17-13-22(20-11-6-7-12-21(20)26)28(16-17)35(31,32)19-10-8-9-18(14-19)23(29)33-5/h6-14,16H,15H2,1-5H3. The second kappa shape index (κ2) is 9.91. The molecule has 0 saturated carbocycles. The van der Waals surface area contributed by atoms with Crippen LogP contribution in [0.4, 0.5) is 9.18 Å². The molecule has 0 atom stereocenters. The molecule has 1 amide bonds. The molecule has 0 N–H and O–H groups in total. The lowest BCUT2D eigenvalue weighted by molar-refractivity contribution is 0.0285. The molecule has 0 spiro atoms. The Hall–Kier alpha value is -3.66. The third-order valence-electron chi connectivity index (χ3n) is 4.93. The number of nitrogens with zero attached hydrogens (tertiary/aromatic N) is 2. The third-order valence-corrected chi connectivity index (χ3v) is 6.60. The Labute approximate surface area is 203 Å². The number of benzene rings is 2. The molecule has 0 bridgehead atoms. The van der Waals surface area contributed by atoms with Crippen molar-refractivity contribution in [3.63, 3.8) is 0 Å². The molecular weight excluding hydrogens is 475 g/mol. The number of carbonyl (C=O) groups is 2. The number of ether oxygens (including phenoxy) is 2. The topological polar surface area (TPSA) is 94.9 Å². The van der Waals surface area contributed by atoms with E-state index >= 15 is 0 Å². The zero-order valence-corrected chi connectivity index (χ0v) is 20.9. The van der Waals surface area contributed by atoms with Crippen LogP contribution in [0.5, 0.6) is 0 Å². The van der Waals surface area contributed by atoms with Gasteiger partial charge in [0.25, 0.3) is 10.0 Å². The second-order valence-corrected chi connectivity index (χ2v) is 10.7. The summed E-state index contributed by atoms with van der Waals surface area (Å²) in [7, 11) is -1.55. The van der Waals surface area contributed by atoms with E-state index in [1.54, 1.807) is 26.8 Å².